The maximum atomic E-state index is 12.1. The fourth-order valence-corrected chi connectivity index (χ4v) is 4.71. The van der Waals surface area contributed by atoms with E-state index in [1.165, 1.54) is 122 Å². The van der Waals surface area contributed by atoms with Crippen LogP contribution in [0, 0.1) is 0 Å². The van der Waals surface area contributed by atoms with Crippen molar-refractivity contribution in [1.29, 1.82) is 0 Å². The first-order valence-electron chi connectivity index (χ1n) is 16.9. The average Bonchev–Trinajstić information content (AvgIpc) is 2.94. The van der Waals surface area contributed by atoms with Gasteiger partial charge in [-0.1, -0.05) is 141 Å². The monoisotopic (exact) mass is 550 g/mol. The SMILES string of the molecule is CCCCC/C=C\C/C=C\CCCCCCCCCCCC(=O)OC(CO)COCCCCCCCCCC. The first-order valence-corrected chi connectivity index (χ1v) is 16.9. The summed E-state index contributed by atoms with van der Waals surface area (Å²) < 4.78 is 11.0. The molecule has 0 spiro atoms. The van der Waals surface area contributed by atoms with E-state index in [2.05, 4.69) is 38.2 Å². The van der Waals surface area contributed by atoms with E-state index in [1.54, 1.807) is 0 Å². The van der Waals surface area contributed by atoms with Gasteiger partial charge in [0, 0.05) is 13.0 Å². The van der Waals surface area contributed by atoms with Crippen LogP contribution in [0.3, 0.4) is 0 Å². The number of allylic oxidation sites excluding steroid dienone is 4. The van der Waals surface area contributed by atoms with Gasteiger partial charge < -0.3 is 14.6 Å². The molecule has 39 heavy (non-hydrogen) atoms. The zero-order valence-corrected chi connectivity index (χ0v) is 26.2. The van der Waals surface area contributed by atoms with E-state index in [1.807, 2.05) is 0 Å². The predicted octanol–water partition coefficient (Wildman–Crippen LogP) is 10.4. The molecule has 0 aromatic carbocycles. The molecule has 0 saturated carbocycles. The van der Waals surface area contributed by atoms with Crippen LogP contribution in [-0.2, 0) is 14.3 Å². The molecule has 0 rings (SSSR count). The summed E-state index contributed by atoms with van der Waals surface area (Å²) in [5, 5.41) is 9.49. The molecule has 0 heterocycles. The summed E-state index contributed by atoms with van der Waals surface area (Å²) in [6.45, 7) is 5.30. The number of hydrogen-bond acceptors (Lipinski definition) is 4. The van der Waals surface area contributed by atoms with Gasteiger partial charge in [0.05, 0.1) is 13.2 Å². The molecule has 4 nitrogen and oxygen atoms in total. The molecule has 0 aliphatic carbocycles. The van der Waals surface area contributed by atoms with Crippen molar-refractivity contribution in [3.05, 3.63) is 24.3 Å². The Bertz CT molecular complexity index is 543. The molecular formula is C35H66O4. The molecule has 0 bridgehead atoms. The highest BCUT2D eigenvalue weighted by molar-refractivity contribution is 5.69. The van der Waals surface area contributed by atoms with Crippen LogP contribution in [0.2, 0.25) is 0 Å². The van der Waals surface area contributed by atoms with Crippen LogP contribution >= 0.6 is 0 Å². The molecule has 0 aromatic heterocycles. The van der Waals surface area contributed by atoms with Gasteiger partial charge in [-0.3, -0.25) is 4.79 Å². The Kier molecular flexibility index (Phi) is 32.1. The van der Waals surface area contributed by atoms with E-state index in [0.29, 0.717) is 19.6 Å². The minimum Gasteiger partial charge on any atom is -0.457 e. The minimum absolute atomic E-state index is 0.171. The number of ether oxygens (including phenoxy) is 2. The van der Waals surface area contributed by atoms with E-state index < -0.39 is 6.10 Å². The van der Waals surface area contributed by atoms with E-state index in [0.717, 1.165) is 25.7 Å². The first kappa shape index (κ1) is 37.9. The lowest BCUT2D eigenvalue weighted by Gasteiger charge is -2.16. The van der Waals surface area contributed by atoms with Crippen LogP contribution in [0.1, 0.15) is 168 Å². The van der Waals surface area contributed by atoms with Crippen LogP contribution in [0.4, 0.5) is 0 Å². The second-order valence-electron chi connectivity index (χ2n) is 11.2. The first-order chi connectivity index (χ1) is 19.2. The van der Waals surface area contributed by atoms with Gasteiger partial charge in [-0.15, -0.1) is 0 Å². The summed E-state index contributed by atoms with van der Waals surface area (Å²) >= 11 is 0. The van der Waals surface area contributed by atoms with Crippen molar-refractivity contribution in [3.8, 4) is 0 Å². The Morgan fingerprint density at radius 2 is 1.08 bits per heavy atom. The van der Waals surface area contributed by atoms with Gasteiger partial charge in [-0.05, 0) is 44.9 Å². The zero-order chi connectivity index (χ0) is 28.5. The van der Waals surface area contributed by atoms with Crippen LogP contribution in [-0.4, -0.2) is 37.0 Å². The van der Waals surface area contributed by atoms with Crippen molar-refractivity contribution in [2.45, 2.75) is 174 Å². The Morgan fingerprint density at radius 1 is 0.615 bits per heavy atom. The molecule has 230 valence electrons. The van der Waals surface area contributed by atoms with Gasteiger partial charge in [-0.2, -0.15) is 0 Å². The third-order valence-corrected chi connectivity index (χ3v) is 7.28. The summed E-state index contributed by atoms with van der Waals surface area (Å²) in [7, 11) is 0. The fourth-order valence-electron chi connectivity index (χ4n) is 4.71. The third-order valence-electron chi connectivity index (χ3n) is 7.28. The highest BCUT2D eigenvalue weighted by atomic mass is 16.6. The van der Waals surface area contributed by atoms with E-state index in [9.17, 15) is 9.90 Å². The maximum Gasteiger partial charge on any atom is 0.306 e. The summed E-state index contributed by atoms with van der Waals surface area (Å²) in [6.07, 6.45) is 37.8. The zero-order valence-electron chi connectivity index (χ0n) is 26.2. The molecular weight excluding hydrogens is 484 g/mol. The number of carbonyl (C=O) groups excluding carboxylic acids is 1. The maximum absolute atomic E-state index is 12.1. The van der Waals surface area contributed by atoms with Gasteiger partial charge in [0.25, 0.3) is 0 Å². The molecule has 1 N–H and O–H groups in total. The van der Waals surface area contributed by atoms with Gasteiger partial charge in [-0.25, -0.2) is 0 Å². The molecule has 0 saturated heterocycles. The number of aliphatic hydroxyl groups excluding tert-OH is 1. The van der Waals surface area contributed by atoms with Gasteiger partial charge in [0.15, 0.2) is 0 Å². The van der Waals surface area contributed by atoms with E-state index in [-0.39, 0.29) is 12.6 Å². The quantitative estimate of drug-likeness (QED) is 0.0530. The van der Waals surface area contributed by atoms with Crippen LogP contribution in [0.15, 0.2) is 24.3 Å². The van der Waals surface area contributed by atoms with Gasteiger partial charge >= 0.3 is 5.97 Å². The number of esters is 1. The molecule has 1 atom stereocenters. The van der Waals surface area contributed by atoms with Crippen molar-refractivity contribution < 1.29 is 19.4 Å². The van der Waals surface area contributed by atoms with Crippen LogP contribution in [0.5, 0.6) is 0 Å². The predicted molar refractivity (Wildman–Crippen MR) is 168 cm³/mol. The van der Waals surface area contributed by atoms with Crippen molar-refractivity contribution in [1.82, 2.24) is 0 Å². The van der Waals surface area contributed by atoms with E-state index in [4.69, 9.17) is 9.47 Å². The Labute approximate surface area is 243 Å². The molecule has 4 heteroatoms. The van der Waals surface area contributed by atoms with Crippen LogP contribution in [0.25, 0.3) is 0 Å². The Morgan fingerprint density at radius 3 is 1.64 bits per heavy atom. The second-order valence-corrected chi connectivity index (χ2v) is 11.2. The summed E-state index contributed by atoms with van der Waals surface area (Å²) in [6, 6.07) is 0. The number of rotatable bonds is 31. The molecule has 1 unspecified atom stereocenters. The van der Waals surface area contributed by atoms with Crippen LogP contribution < -0.4 is 0 Å². The van der Waals surface area contributed by atoms with Crippen molar-refractivity contribution >= 4 is 5.97 Å². The summed E-state index contributed by atoms with van der Waals surface area (Å²) in [5.41, 5.74) is 0. The highest BCUT2D eigenvalue weighted by Gasteiger charge is 2.13. The largest absolute Gasteiger partial charge is 0.457 e. The molecule has 0 fully saturated rings. The number of carbonyl (C=O) groups is 1. The molecule has 0 radical (unpaired) electrons. The molecule has 0 aliphatic rings. The Balaban J connectivity index is 3.43. The minimum atomic E-state index is -0.529. The van der Waals surface area contributed by atoms with Gasteiger partial charge in [0.2, 0.25) is 0 Å². The lowest BCUT2D eigenvalue weighted by atomic mass is 10.1. The number of hydrogen-bond donors (Lipinski definition) is 1. The highest BCUT2D eigenvalue weighted by Crippen LogP contribution is 2.13. The fraction of sp³-hybridized carbons (Fsp3) is 0.857. The van der Waals surface area contributed by atoms with Crippen molar-refractivity contribution in [2.75, 3.05) is 19.8 Å². The molecule has 0 amide bonds. The third kappa shape index (κ3) is 31.3. The topological polar surface area (TPSA) is 55.8 Å². The van der Waals surface area contributed by atoms with Crippen molar-refractivity contribution in [2.24, 2.45) is 0 Å². The normalized spacial score (nSPS) is 12.6. The standard InChI is InChI=1S/C35H66O4/c1-3-5-7-9-11-13-14-15-16-17-18-19-20-21-22-23-24-26-28-30-35(37)39-34(32-36)33-38-31-29-27-25-12-10-8-6-4-2/h11,13,15-16,34,36H,3-10,12,14,17-33H2,1-2H3/b13-11-,16-15-. The van der Waals surface area contributed by atoms with Crippen molar-refractivity contribution in [3.63, 3.8) is 0 Å². The average molecular weight is 551 g/mol. The summed E-state index contributed by atoms with van der Waals surface area (Å²) in [4.78, 5) is 12.1. The smallest absolute Gasteiger partial charge is 0.306 e. The Hall–Kier alpha value is -1.13. The second kappa shape index (κ2) is 33.1. The van der Waals surface area contributed by atoms with Gasteiger partial charge in [0.1, 0.15) is 6.10 Å². The lowest BCUT2D eigenvalue weighted by molar-refractivity contribution is -0.154. The number of unbranched alkanes of at least 4 members (excludes halogenated alkanes) is 19. The summed E-state index contributed by atoms with van der Waals surface area (Å²) in [5.74, 6) is -0.207. The lowest BCUT2D eigenvalue weighted by Crippen LogP contribution is -2.27. The molecule has 0 aliphatic heterocycles. The number of aliphatic hydroxyl groups is 1. The molecule has 0 aromatic rings. The van der Waals surface area contributed by atoms with E-state index >= 15 is 0 Å².